The largest absolute Gasteiger partial charge is 0.504 e. The highest BCUT2D eigenvalue weighted by atomic mass is 16.6. The molecule has 11 heteroatoms. The summed E-state index contributed by atoms with van der Waals surface area (Å²) in [6.45, 7) is -0.285. The smallest absolute Gasteiger partial charge is 0.336 e. The Morgan fingerprint density at radius 1 is 0.875 bits per heavy atom. The average molecular weight is 549 g/mol. The van der Waals surface area contributed by atoms with Gasteiger partial charge in [0, 0.05) is 23.1 Å². The van der Waals surface area contributed by atoms with Crippen molar-refractivity contribution in [3.63, 3.8) is 0 Å². The van der Waals surface area contributed by atoms with Crippen LogP contribution in [0.15, 0.2) is 69.9 Å². The van der Waals surface area contributed by atoms with Crippen LogP contribution in [0.2, 0.25) is 0 Å². The van der Waals surface area contributed by atoms with E-state index in [9.17, 15) is 24.9 Å². The minimum Gasteiger partial charge on any atom is -0.504 e. The molecule has 1 aliphatic heterocycles. The highest BCUT2D eigenvalue weighted by molar-refractivity contribution is 5.89. The van der Waals surface area contributed by atoms with Gasteiger partial charge in [0.05, 0.1) is 14.2 Å². The standard InChI is InChI=1S/C29H24O11/c1-35-21-12-16(5-8-19(21)31)26-23(14-37-24(33)9-4-15-3-7-18(30)20(32)11-15)38-29-27-17(6-10-25(34)39-27)13-22(36-2)28(29)40-26/h3-13,23,26,30-32H,14H2,1-2H3/t23-,26-/m1/s1. The zero-order chi connectivity index (χ0) is 28.4. The first kappa shape index (κ1) is 26.3. The fourth-order valence-corrected chi connectivity index (χ4v) is 4.22. The van der Waals surface area contributed by atoms with Crippen LogP contribution < -0.4 is 24.6 Å². The molecule has 206 valence electrons. The first-order valence-electron chi connectivity index (χ1n) is 12.0. The van der Waals surface area contributed by atoms with E-state index in [-0.39, 0.29) is 46.7 Å². The quantitative estimate of drug-likeness (QED) is 0.133. The van der Waals surface area contributed by atoms with E-state index < -0.39 is 23.8 Å². The Morgan fingerprint density at radius 3 is 2.40 bits per heavy atom. The van der Waals surface area contributed by atoms with Crippen LogP contribution in [0.1, 0.15) is 17.2 Å². The first-order valence-corrected chi connectivity index (χ1v) is 12.0. The molecule has 0 saturated carbocycles. The third-order valence-electron chi connectivity index (χ3n) is 6.19. The van der Waals surface area contributed by atoms with Gasteiger partial charge in [-0.1, -0.05) is 12.1 Å². The molecule has 4 aromatic rings. The number of fused-ring (bicyclic) bond motifs is 3. The number of phenolic OH excluding ortho intramolecular Hbond substituents is 3. The Balaban J connectivity index is 1.48. The lowest BCUT2D eigenvalue weighted by molar-refractivity contribution is -0.142. The van der Waals surface area contributed by atoms with Crippen molar-refractivity contribution >= 4 is 23.0 Å². The van der Waals surface area contributed by atoms with Gasteiger partial charge in [0.15, 0.2) is 46.5 Å². The maximum atomic E-state index is 12.6. The van der Waals surface area contributed by atoms with Gasteiger partial charge in [-0.05, 0) is 48.0 Å². The van der Waals surface area contributed by atoms with Crippen molar-refractivity contribution in [1.82, 2.24) is 0 Å². The molecule has 40 heavy (non-hydrogen) atoms. The SMILES string of the molecule is COc1cc([C@H]2Oc3c(OC)cc4ccc(=O)oc4c3O[C@@H]2COC(=O)C=Cc2ccc(O)c(O)c2)ccc1O. The molecular formula is C29H24O11. The van der Waals surface area contributed by atoms with Gasteiger partial charge in [0.1, 0.15) is 6.61 Å². The van der Waals surface area contributed by atoms with Crippen LogP contribution >= 0.6 is 0 Å². The average Bonchev–Trinajstić information content (AvgIpc) is 2.96. The Hall–Kier alpha value is -5.32. The lowest BCUT2D eigenvalue weighted by Gasteiger charge is -2.34. The second-order valence-electron chi connectivity index (χ2n) is 8.75. The summed E-state index contributed by atoms with van der Waals surface area (Å²) in [4.78, 5) is 24.6. The summed E-state index contributed by atoms with van der Waals surface area (Å²) in [5.74, 6) is -0.620. The van der Waals surface area contributed by atoms with Gasteiger partial charge in [0.25, 0.3) is 0 Å². The fraction of sp³-hybridized carbons (Fsp3) is 0.172. The highest BCUT2D eigenvalue weighted by Gasteiger charge is 2.38. The van der Waals surface area contributed by atoms with E-state index in [0.717, 1.165) is 6.08 Å². The molecule has 11 nitrogen and oxygen atoms in total. The van der Waals surface area contributed by atoms with E-state index in [1.54, 1.807) is 24.3 Å². The summed E-state index contributed by atoms with van der Waals surface area (Å²) < 4.78 is 34.2. The molecule has 0 unspecified atom stereocenters. The molecule has 0 spiro atoms. The predicted molar refractivity (Wildman–Crippen MR) is 141 cm³/mol. The predicted octanol–water partition coefficient (Wildman–Crippen LogP) is 4.06. The van der Waals surface area contributed by atoms with Crippen molar-refractivity contribution in [3.8, 4) is 40.2 Å². The summed E-state index contributed by atoms with van der Waals surface area (Å²) in [7, 11) is 2.86. The molecule has 0 aliphatic carbocycles. The minimum atomic E-state index is -0.933. The van der Waals surface area contributed by atoms with Crippen LogP contribution in [0.25, 0.3) is 17.0 Å². The van der Waals surface area contributed by atoms with E-state index in [2.05, 4.69) is 0 Å². The lowest BCUT2D eigenvalue weighted by Crippen LogP contribution is -2.37. The lowest BCUT2D eigenvalue weighted by atomic mass is 10.0. The monoisotopic (exact) mass is 548 g/mol. The van der Waals surface area contributed by atoms with Crippen LogP contribution in [0.5, 0.6) is 40.2 Å². The number of benzene rings is 3. The Kier molecular flexibility index (Phi) is 7.11. The summed E-state index contributed by atoms with van der Waals surface area (Å²) in [6, 6.07) is 13.2. The molecule has 2 atom stereocenters. The van der Waals surface area contributed by atoms with Gasteiger partial charge in [-0.3, -0.25) is 0 Å². The second-order valence-corrected chi connectivity index (χ2v) is 8.75. The van der Waals surface area contributed by atoms with Gasteiger partial charge in [-0.25, -0.2) is 9.59 Å². The number of hydrogen-bond donors (Lipinski definition) is 3. The van der Waals surface area contributed by atoms with E-state index in [1.165, 1.54) is 50.6 Å². The van der Waals surface area contributed by atoms with Crippen molar-refractivity contribution < 1.29 is 48.2 Å². The number of carbonyl (C=O) groups excluding carboxylic acids is 1. The van der Waals surface area contributed by atoms with Crippen molar-refractivity contribution in [3.05, 3.63) is 82.2 Å². The summed E-state index contributed by atoms with van der Waals surface area (Å²) >= 11 is 0. The molecular weight excluding hydrogens is 524 g/mol. The van der Waals surface area contributed by atoms with Crippen molar-refractivity contribution in [2.24, 2.45) is 0 Å². The number of ether oxygens (including phenoxy) is 5. The Morgan fingerprint density at radius 2 is 1.65 bits per heavy atom. The van der Waals surface area contributed by atoms with Crippen LogP contribution in [-0.4, -0.2) is 48.2 Å². The number of carbonyl (C=O) groups is 1. The number of hydrogen-bond acceptors (Lipinski definition) is 11. The molecule has 0 radical (unpaired) electrons. The number of phenols is 3. The first-order chi connectivity index (χ1) is 19.3. The maximum absolute atomic E-state index is 12.6. The van der Waals surface area contributed by atoms with Gasteiger partial charge in [-0.15, -0.1) is 0 Å². The van der Waals surface area contributed by atoms with Gasteiger partial charge in [0.2, 0.25) is 11.5 Å². The van der Waals surface area contributed by atoms with E-state index in [4.69, 9.17) is 28.1 Å². The topological polar surface area (TPSA) is 154 Å². The molecule has 0 saturated heterocycles. The molecule has 5 rings (SSSR count). The van der Waals surface area contributed by atoms with E-state index in [0.29, 0.717) is 22.3 Å². The fourth-order valence-electron chi connectivity index (χ4n) is 4.22. The molecule has 0 bridgehead atoms. The number of rotatable bonds is 7. The summed E-state index contributed by atoms with van der Waals surface area (Å²) in [5, 5.41) is 29.7. The van der Waals surface area contributed by atoms with Crippen LogP contribution in [-0.2, 0) is 9.53 Å². The third-order valence-corrected chi connectivity index (χ3v) is 6.19. The second kappa shape index (κ2) is 10.8. The van der Waals surface area contributed by atoms with Crippen molar-refractivity contribution in [2.75, 3.05) is 20.8 Å². The minimum absolute atomic E-state index is 0.0814. The normalized spacial score (nSPS) is 16.1. The maximum Gasteiger partial charge on any atom is 0.336 e. The van der Waals surface area contributed by atoms with Gasteiger partial charge in [-0.2, -0.15) is 0 Å². The third kappa shape index (κ3) is 5.17. The molecule has 0 amide bonds. The molecule has 2 heterocycles. The molecule has 0 fully saturated rings. The Bertz CT molecular complexity index is 1670. The number of aromatic hydroxyl groups is 3. The van der Waals surface area contributed by atoms with Crippen molar-refractivity contribution in [1.29, 1.82) is 0 Å². The van der Waals surface area contributed by atoms with Crippen LogP contribution in [0, 0.1) is 0 Å². The zero-order valence-corrected chi connectivity index (χ0v) is 21.3. The van der Waals surface area contributed by atoms with Gasteiger partial charge >= 0.3 is 11.6 Å². The zero-order valence-electron chi connectivity index (χ0n) is 21.3. The van der Waals surface area contributed by atoms with Crippen molar-refractivity contribution in [2.45, 2.75) is 12.2 Å². The summed E-state index contributed by atoms with van der Waals surface area (Å²) in [5.41, 5.74) is 0.532. The van der Waals surface area contributed by atoms with Gasteiger partial charge < -0.3 is 43.4 Å². The molecule has 1 aromatic heterocycles. The number of esters is 1. The highest BCUT2D eigenvalue weighted by Crippen LogP contribution is 2.50. The van der Waals surface area contributed by atoms with Crippen LogP contribution in [0.4, 0.5) is 0 Å². The molecule has 3 aromatic carbocycles. The van der Waals surface area contributed by atoms with Crippen LogP contribution in [0.3, 0.4) is 0 Å². The molecule has 1 aliphatic rings. The number of methoxy groups -OCH3 is 2. The Labute approximate surface area is 227 Å². The van der Waals surface area contributed by atoms with E-state index >= 15 is 0 Å². The molecule has 3 N–H and O–H groups in total. The summed E-state index contributed by atoms with van der Waals surface area (Å²) in [6.07, 6.45) is 0.761. The van der Waals surface area contributed by atoms with E-state index in [1.807, 2.05) is 0 Å².